The van der Waals surface area contributed by atoms with Gasteiger partial charge in [0.05, 0.1) is 13.3 Å². The van der Waals surface area contributed by atoms with E-state index in [1.807, 2.05) is 31.2 Å². The van der Waals surface area contributed by atoms with E-state index in [9.17, 15) is 0 Å². The van der Waals surface area contributed by atoms with Gasteiger partial charge >= 0.3 is 0 Å². The number of hydrazine groups is 1. The maximum Gasteiger partial charge on any atom is 0.239 e. The van der Waals surface area contributed by atoms with Crippen LogP contribution in [-0.4, -0.2) is 17.1 Å². The molecule has 6 nitrogen and oxygen atoms in total. The van der Waals surface area contributed by atoms with Gasteiger partial charge in [0, 0.05) is 6.04 Å². The molecule has 0 amide bonds. The van der Waals surface area contributed by atoms with Crippen LogP contribution in [0.1, 0.15) is 18.5 Å². The number of aromatic nitrogens is 2. The topological polar surface area (TPSA) is 85.1 Å². The Kier molecular flexibility index (Phi) is 4.60. The second-order valence-corrected chi connectivity index (χ2v) is 4.58. The molecule has 0 saturated carbocycles. The van der Waals surface area contributed by atoms with Crippen LogP contribution in [0.25, 0.3) is 0 Å². The highest BCUT2D eigenvalue weighted by Gasteiger charge is 2.10. The van der Waals surface area contributed by atoms with Crippen molar-refractivity contribution in [3.05, 3.63) is 41.0 Å². The summed E-state index contributed by atoms with van der Waals surface area (Å²) in [4.78, 5) is 8.10. The number of methoxy groups -OCH3 is 1. The van der Waals surface area contributed by atoms with Crippen LogP contribution >= 0.6 is 11.6 Å². The Labute approximate surface area is 122 Å². The number of halogens is 1. The van der Waals surface area contributed by atoms with Crippen molar-refractivity contribution in [1.82, 2.24) is 9.97 Å². The molecule has 20 heavy (non-hydrogen) atoms. The fourth-order valence-electron chi connectivity index (χ4n) is 1.72. The van der Waals surface area contributed by atoms with Crippen LogP contribution in [0, 0.1) is 0 Å². The highest BCUT2D eigenvalue weighted by atomic mass is 35.5. The molecule has 0 bridgehead atoms. The van der Waals surface area contributed by atoms with Gasteiger partial charge in [-0.3, -0.25) is 5.43 Å². The van der Waals surface area contributed by atoms with Crippen molar-refractivity contribution in [3.63, 3.8) is 0 Å². The lowest BCUT2D eigenvalue weighted by Gasteiger charge is -2.16. The van der Waals surface area contributed by atoms with Gasteiger partial charge in [-0.1, -0.05) is 23.7 Å². The third-order valence-corrected chi connectivity index (χ3v) is 3.12. The lowest BCUT2D eigenvalue weighted by atomic mass is 10.1. The first-order valence-electron chi connectivity index (χ1n) is 6.03. The van der Waals surface area contributed by atoms with Gasteiger partial charge in [-0.05, 0) is 24.6 Å². The van der Waals surface area contributed by atoms with Crippen molar-refractivity contribution in [3.8, 4) is 5.75 Å². The zero-order chi connectivity index (χ0) is 14.5. The summed E-state index contributed by atoms with van der Waals surface area (Å²) >= 11 is 6.06. The van der Waals surface area contributed by atoms with Crippen LogP contribution in [-0.2, 0) is 0 Å². The molecule has 2 rings (SSSR count). The molecule has 0 saturated heterocycles. The minimum atomic E-state index is 0.0268. The Hall–Kier alpha value is -2.05. The van der Waals surface area contributed by atoms with Crippen LogP contribution in [0.4, 0.5) is 11.8 Å². The normalized spacial score (nSPS) is 11.8. The lowest BCUT2D eigenvalue weighted by molar-refractivity contribution is 0.414. The van der Waals surface area contributed by atoms with E-state index in [4.69, 9.17) is 22.2 Å². The molecule has 0 aliphatic carbocycles. The van der Waals surface area contributed by atoms with Gasteiger partial charge < -0.3 is 10.1 Å². The second kappa shape index (κ2) is 6.40. The van der Waals surface area contributed by atoms with Crippen molar-refractivity contribution in [1.29, 1.82) is 0 Å². The van der Waals surface area contributed by atoms with E-state index in [0.717, 1.165) is 11.3 Å². The average molecular weight is 294 g/mol. The number of hydrogen-bond acceptors (Lipinski definition) is 6. The molecule has 1 aromatic heterocycles. The molecule has 2 aromatic rings. The van der Waals surface area contributed by atoms with Gasteiger partial charge in [-0.25, -0.2) is 10.8 Å². The standard InChI is InChI=1S/C13H16ClN5O/c1-8(9-3-5-10(20-2)6-4-9)17-12-11(14)7-16-13(18-12)19-15/h3-8H,15H2,1-2H3,(H2,16,17,18,19). The van der Waals surface area contributed by atoms with E-state index in [0.29, 0.717) is 16.8 Å². The van der Waals surface area contributed by atoms with Crippen molar-refractivity contribution in [2.24, 2.45) is 5.84 Å². The smallest absolute Gasteiger partial charge is 0.239 e. The largest absolute Gasteiger partial charge is 0.497 e. The molecule has 0 radical (unpaired) electrons. The van der Waals surface area contributed by atoms with E-state index in [-0.39, 0.29) is 6.04 Å². The molecule has 0 fully saturated rings. The average Bonchev–Trinajstić information content (AvgIpc) is 2.49. The summed E-state index contributed by atoms with van der Waals surface area (Å²) < 4.78 is 5.13. The summed E-state index contributed by atoms with van der Waals surface area (Å²) in [5.74, 6) is 6.93. The number of benzene rings is 1. The Morgan fingerprint density at radius 3 is 2.60 bits per heavy atom. The SMILES string of the molecule is COc1ccc(C(C)Nc2nc(NN)ncc2Cl)cc1. The van der Waals surface area contributed by atoms with E-state index in [1.54, 1.807) is 7.11 Å². The first-order chi connectivity index (χ1) is 9.63. The molecule has 1 aromatic carbocycles. The van der Waals surface area contributed by atoms with Crippen LogP contribution in [0.3, 0.4) is 0 Å². The minimum absolute atomic E-state index is 0.0268. The van der Waals surface area contributed by atoms with Gasteiger partial charge in [-0.2, -0.15) is 4.98 Å². The first-order valence-corrected chi connectivity index (χ1v) is 6.41. The number of rotatable bonds is 5. The molecule has 7 heteroatoms. The number of anilines is 2. The van der Waals surface area contributed by atoms with E-state index in [1.165, 1.54) is 6.20 Å². The highest BCUT2D eigenvalue weighted by molar-refractivity contribution is 6.32. The highest BCUT2D eigenvalue weighted by Crippen LogP contribution is 2.25. The van der Waals surface area contributed by atoms with Crippen LogP contribution < -0.4 is 21.3 Å². The lowest BCUT2D eigenvalue weighted by Crippen LogP contribution is -2.13. The Morgan fingerprint density at radius 2 is 2.00 bits per heavy atom. The maximum atomic E-state index is 6.06. The fourth-order valence-corrected chi connectivity index (χ4v) is 1.86. The molecule has 106 valence electrons. The van der Waals surface area contributed by atoms with Crippen molar-refractivity contribution in [2.75, 3.05) is 17.9 Å². The summed E-state index contributed by atoms with van der Waals surface area (Å²) in [5.41, 5.74) is 3.47. The zero-order valence-electron chi connectivity index (χ0n) is 11.2. The van der Waals surface area contributed by atoms with E-state index >= 15 is 0 Å². The van der Waals surface area contributed by atoms with Crippen molar-refractivity contribution < 1.29 is 4.74 Å². The predicted molar refractivity (Wildman–Crippen MR) is 79.9 cm³/mol. The molecule has 1 unspecified atom stereocenters. The van der Waals surface area contributed by atoms with E-state index < -0.39 is 0 Å². The number of nitrogen functional groups attached to an aromatic ring is 1. The molecule has 1 atom stereocenters. The second-order valence-electron chi connectivity index (χ2n) is 4.17. The van der Waals surface area contributed by atoms with Gasteiger partial charge in [-0.15, -0.1) is 0 Å². The van der Waals surface area contributed by atoms with Gasteiger partial charge in [0.1, 0.15) is 10.8 Å². The Balaban J connectivity index is 2.15. The minimum Gasteiger partial charge on any atom is -0.497 e. The Bertz CT molecular complexity index is 575. The van der Waals surface area contributed by atoms with Gasteiger partial charge in [0.25, 0.3) is 0 Å². The summed E-state index contributed by atoms with van der Waals surface area (Å²) in [5, 5.41) is 3.65. The van der Waals surface area contributed by atoms with Crippen molar-refractivity contribution in [2.45, 2.75) is 13.0 Å². The maximum absolute atomic E-state index is 6.06. The van der Waals surface area contributed by atoms with Crippen LogP contribution in [0.5, 0.6) is 5.75 Å². The third kappa shape index (κ3) is 3.28. The summed E-state index contributed by atoms with van der Waals surface area (Å²) in [7, 11) is 1.64. The number of hydrogen-bond donors (Lipinski definition) is 3. The molecule has 1 heterocycles. The van der Waals surface area contributed by atoms with Crippen molar-refractivity contribution >= 4 is 23.4 Å². The first kappa shape index (κ1) is 14.4. The Morgan fingerprint density at radius 1 is 1.30 bits per heavy atom. The van der Waals surface area contributed by atoms with E-state index in [2.05, 4.69) is 20.7 Å². The summed E-state index contributed by atoms with van der Waals surface area (Å²) in [6.07, 6.45) is 1.49. The van der Waals surface area contributed by atoms with Crippen LogP contribution in [0.2, 0.25) is 5.02 Å². The molecule has 4 N–H and O–H groups in total. The molecular formula is C13H16ClN5O. The molecule has 0 aliphatic heterocycles. The third-order valence-electron chi connectivity index (χ3n) is 2.84. The molecular weight excluding hydrogens is 278 g/mol. The monoisotopic (exact) mass is 293 g/mol. The fraction of sp³-hybridized carbons (Fsp3) is 0.231. The quantitative estimate of drug-likeness (QED) is 0.580. The predicted octanol–water partition coefficient (Wildman–Crippen LogP) is 2.60. The summed E-state index contributed by atoms with van der Waals surface area (Å²) in [6.45, 7) is 2.01. The van der Waals surface area contributed by atoms with Gasteiger partial charge in [0.15, 0.2) is 5.82 Å². The number of nitrogens with two attached hydrogens (primary N) is 1. The molecule has 0 aliphatic rings. The zero-order valence-corrected chi connectivity index (χ0v) is 12.0. The molecule has 0 spiro atoms. The summed E-state index contributed by atoms with van der Waals surface area (Å²) in [6, 6.07) is 7.80. The number of nitrogens with zero attached hydrogens (tertiary/aromatic N) is 2. The number of ether oxygens (including phenoxy) is 1. The van der Waals surface area contributed by atoms with Crippen LogP contribution in [0.15, 0.2) is 30.5 Å². The number of nitrogens with one attached hydrogen (secondary N) is 2. The van der Waals surface area contributed by atoms with Gasteiger partial charge in [0.2, 0.25) is 5.95 Å².